The molecule has 1 fully saturated rings. The lowest BCUT2D eigenvalue weighted by Gasteiger charge is -2.35. The van der Waals surface area contributed by atoms with Crippen molar-refractivity contribution in [1.29, 1.82) is 0 Å². The molecule has 2 aromatic rings. The lowest BCUT2D eigenvalue weighted by molar-refractivity contribution is 0.0948. The van der Waals surface area contributed by atoms with Crippen molar-refractivity contribution in [2.24, 2.45) is 0 Å². The Morgan fingerprint density at radius 1 is 1.38 bits per heavy atom. The summed E-state index contributed by atoms with van der Waals surface area (Å²) in [6.07, 6.45) is -1.06. The lowest BCUT2D eigenvalue weighted by Crippen LogP contribution is -2.52. The number of carbonyl (C=O) groups is 1. The van der Waals surface area contributed by atoms with Gasteiger partial charge in [0.15, 0.2) is 0 Å². The summed E-state index contributed by atoms with van der Waals surface area (Å²) >= 11 is 0. The molecule has 0 aromatic carbocycles. The molecule has 3 atom stereocenters. The minimum Gasteiger partial charge on any atom is -0.465 e. The van der Waals surface area contributed by atoms with Crippen LogP contribution in [0.2, 0.25) is 0 Å². The van der Waals surface area contributed by atoms with Crippen LogP contribution in [0, 0.1) is 5.82 Å². The Bertz CT molecular complexity index is 932. The molecule has 7 nitrogen and oxygen atoms in total. The Balaban J connectivity index is 1.55. The van der Waals surface area contributed by atoms with Crippen LogP contribution in [0.3, 0.4) is 0 Å². The number of alkyl halides is 1. The van der Waals surface area contributed by atoms with E-state index < -0.39 is 24.1 Å². The van der Waals surface area contributed by atoms with Gasteiger partial charge in [-0.1, -0.05) is 0 Å². The number of carboxylic acid groups (broad SMARTS) is 1. The number of rotatable bonds is 3. The standard InChI is InChI=1S/C17H18F2N4O3/c18-10-5-20-13-1-2-14(24)23-7-9(15(10)16(13)23)6-22-4-3-12(11(19)8-22)21-17(25)26/h1-2,5,9,11-12,21H,3-4,6-8H2,(H,25,26)/t9?,11-,12+/m1/s1. The maximum absolute atomic E-state index is 14.4. The summed E-state index contributed by atoms with van der Waals surface area (Å²) in [5.74, 6) is -0.731. The van der Waals surface area contributed by atoms with Crippen molar-refractivity contribution in [3.8, 4) is 0 Å². The zero-order valence-corrected chi connectivity index (χ0v) is 13.9. The average molecular weight is 364 g/mol. The molecule has 26 heavy (non-hydrogen) atoms. The number of nitrogens with one attached hydrogen (secondary N) is 1. The van der Waals surface area contributed by atoms with E-state index in [2.05, 4.69) is 10.3 Å². The summed E-state index contributed by atoms with van der Waals surface area (Å²) < 4.78 is 30.2. The molecular formula is C17H18F2N4O3. The molecule has 0 spiro atoms. The molecule has 0 radical (unpaired) electrons. The van der Waals surface area contributed by atoms with Crippen LogP contribution in [-0.4, -0.2) is 57.5 Å². The molecular weight excluding hydrogens is 346 g/mol. The Kier molecular flexibility index (Phi) is 4.10. The van der Waals surface area contributed by atoms with Gasteiger partial charge in [-0.25, -0.2) is 13.6 Å². The molecule has 2 aliphatic heterocycles. The Morgan fingerprint density at radius 3 is 2.92 bits per heavy atom. The van der Waals surface area contributed by atoms with E-state index in [9.17, 15) is 18.4 Å². The van der Waals surface area contributed by atoms with E-state index in [1.165, 1.54) is 10.6 Å². The molecule has 1 unspecified atom stereocenters. The summed E-state index contributed by atoms with van der Waals surface area (Å²) in [4.78, 5) is 28.7. The molecule has 0 aliphatic carbocycles. The summed E-state index contributed by atoms with van der Waals surface area (Å²) in [7, 11) is 0. The molecule has 9 heteroatoms. The fourth-order valence-electron chi connectivity index (χ4n) is 4.06. The van der Waals surface area contributed by atoms with Crippen molar-refractivity contribution in [3.05, 3.63) is 40.1 Å². The second-order valence-corrected chi connectivity index (χ2v) is 6.85. The zero-order chi connectivity index (χ0) is 18.4. The molecule has 2 N–H and O–H groups in total. The third-order valence-electron chi connectivity index (χ3n) is 5.22. The van der Waals surface area contributed by atoms with Crippen LogP contribution in [0.25, 0.3) is 11.0 Å². The van der Waals surface area contributed by atoms with E-state index in [1.807, 2.05) is 4.90 Å². The highest BCUT2D eigenvalue weighted by atomic mass is 19.1. The van der Waals surface area contributed by atoms with Gasteiger partial charge in [0, 0.05) is 43.7 Å². The molecule has 2 aliphatic rings. The zero-order valence-electron chi connectivity index (χ0n) is 13.9. The molecule has 0 bridgehead atoms. The van der Waals surface area contributed by atoms with Gasteiger partial charge >= 0.3 is 6.09 Å². The van der Waals surface area contributed by atoms with Crippen molar-refractivity contribution in [1.82, 2.24) is 19.8 Å². The van der Waals surface area contributed by atoms with Gasteiger partial charge in [0.25, 0.3) is 5.56 Å². The van der Waals surface area contributed by atoms with Gasteiger partial charge in [-0.15, -0.1) is 0 Å². The first kappa shape index (κ1) is 16.9. The first-order valence-corrected chi connectivity index (χ1v) is 8.48. The van der Waals surface area contributed by atoms with Crippen LogP contribution >= 0.6 is 0 Å². The maximum Gasteiger partial charge on any atom is 0.404 e. The van der Waals surface area contributed by atoms with Crippen LogP contribution < -0.4 is 10.9 Å². The summed E-state index contributed by atoms with van der Waals surface area (Å²) in [6, 6.07) is 2.27. The number of amides is 1. The van der Waals surface area contributed by atoms with Crippen LogP contribution in [0.4, 0.5) is 13.6 Å². The van der Waals surface area contributed by atoms with Crippen molar-refractivity contribution in [2.45, 2.75) is 31.1 Å². The predicted molar refractivity (Wildman–Crippen MR) is 89.6 cm³/mol. The van der Waals surface area contributed by atoms with Gasteiger partial charge in [0.05, 0.1) is 23.3 Å². The first-order chi connectivity index (χ1) is 12.4. The van der Waals surface area contributed by atoms with Gasteiger partial charge in [-0.2, -0.15) is 0 Å². The number of piperidine rings is 1. The third kappa shape index (κ3) is 2.82. The van der Waals surface area contributed by atoms with Crippen LogP contribution in [0.1, 0.15) is 17.9 Å². The fourth-order valence-corrected chi connectivity index (χ4v) is 4.06. The third-order valence-corrected chi connectivity index (χ3v) is 5.22. The van der Waals surface area contributed by atoms with E-state index >= 15 is 0 Å². The van der Waals surface area contributed by atoms with Gasteiger partial charge in [-0.3, -0.25) is 14.7 Å². The second kappa shape index (κ2) is 6.31. The predicted octanol–water partition coefficient (Wildman–Crippen LogP) is 1.31. The Hall–Kier alpha value is -2.55. The highest BCUT2D eigenvalue weighted by Gasteiger charge is 2.35. The monoisotopic (exact) mass is 364 g/mol. The number of nitrogens with zero attached hydrogens (tertiary/aromatic N) is 3. The number of aromatic nitrogens is 2. The molecule has 2 aromatic heterocycles. The Labute approximate surface area is 147 Å². The number of hydrogen-bond donors (Lipinski definition) is 2. The number of hydrogen-bond acceptors (Lipinski definition) is 4. The van der Waals surface area contributed by atoms with Gasteiger partial charge in [0.1, 0.15) is 12.0 Å². The van der Waals surface area contributed by atoms with E-state index in [4.69, 9.17) is 5.11 Å². The first-order valence-electron chi connectivity index (χ1n) is 8.48. The smallest absolute Gasteiger partial charge is 0.404 e. The van der Waals surface area contributed by atoms with Crippen molar-refractivity contribution in [2.75, 3.05) is 19.6 Å². The SMILES string of the molecule is O=C(O)N[C@H]1CCN(CC2Cn3c(=O)ccc4ncc(F)c2c43)C[C@H]1F. The van der Waals surface area contributed by atoms with Crippen LogP contribution in [0.15, 0.2) is 23.1 Å². The highest BCUT2D eigenvalue weighted by Crippen LogP contribution is 2.34. The molecule has 138 valence electrons. The lowest BCUT2D eigenvalue weighted by atomic mass is 9.97. The van der Waals surface area contributed by atoms with Crippen molar-refractivity contribution >= 4 is 17.1 Å². The molecule has 1 amide bonds. The van der Waals surface area contributed by atoms with E-state index in [0.29, 0.717) is 42.7 Å². The van der Waals surface area contributed by atoms with Crippen LogP contribution in [0.5, 0.6) is 0 Å². The number of halogens is 2. The second-order valence-electron chi connectivity index (χ2n) is 6.85. The van der Waals surface area contributed by atoms with E-state index in [0.717, 1.165) is 6.20 Å². The summed E-state index contributed by atoms with van der Waals surface area (Å²) in [5, 5.41) is 10.9. The molecule has 0 saturated carbocycles. The minimum atomic E-state index is -1.33. The largest absolute Gasteiger partial charge is 0.465 e. The summed E-state index contributed by atoms with van der Waals surface area (Å²) in [6.45, 7) is 1.31. The van der Waals surface area contributed by atoms with Gasteiger partial charge in [0.2, 0.25) is 0 Å². The average Bonchev–Trinajstić information content (AvgIpc) is 2.97. The van der Waals surface area contributed by atoms with Crippen molar-refractivity contribution in [3.63, 3.8) is 0 Å². The minimum absolute atomic E-state index is 0.0720. The molecule has 4 heterocycles. The van der Waals surface area contributed by atoms with Crippen molar-refractivity contribution < 1.29 is 18.7 Å². The van der Waals surface area contributed by atoms with Gasteiger partial charge in [-0.05, 0) is 12.5 Å². The topological polar surface area (TPSA) is 87.5 Å². The Morgan fingerprint density at radius 2 is 2.19 bits per heavy atom. The van der Waals surface area contributed by atoms with Gasteiger partial charge < -0.3 is 15.0 Å². The van der Waals surface area contributed by atoms with Crippen LogP contribution in [-0.2, 0) is 6.54 Å². The summed E-state index contributed by atoms with van der Waals surface area (Å²) in [5.41, 5.74) is 1.33. The fraction of sp³-hybridized carbons (Fsp3) is 0.471. The normalized spacial score (nSPS) is 25.5. The number of pyridine rings is 2. The van der Waals surface area contributed by atoms with E-state index in [1.54, 1.807) is 6.07 Å². The molecule has 4 rings (SSSR count). The highest BCUT2D eigenvalue weighted by molar-refractivity contribution is 5.80. The quantitative estimate of drug-likeness (QED) is 0.858. The van der Waals surface area contributed by atoms with E-state index in [-0.39, 0.29) is 18.0 Å². The molecule has 1 saturated heterocycles. The number of likely N-dealkylation sites (tertiary alicyclic amines) is 1. The maximum atomic E-state index is 14.4.